The fourth-order valence-corrected chi connectivity index (χ4v) is 0.790. The number of carbonyl (C=O) groups is 1. The molecule has 0 unspecified atom stereocenters. The summed E-state index contributed by atoms with van der Waals surface area (Å²) >= 11 is 0. The van der Waals surface area contributed by atoms with E-state index in [0.717, 1.165) is 0 Å². The topological polar surface area (TPSA) is 48.4 Å². The molecule has 0 bridgehead atoms. The standard InChI is InChI=1S/C8H8FNO3/c1-12-5-13-7-6(4-11)2-3-10-8(7)9/h2-4H,5H2,1H3. The molecule has 0 N–H and O–H groups in total. The summed E-state index contributed by atoms with van der Waals surface area (Å²) in [4.78, 5) is 13.8. The normalized spacial score (nSPS) is 9.69. The Kier molecular flexibility index (Phi) is 3.33. The van der Waals surface area contributed by atoms with Crippen LogP contribution in [-0.4, -0.2) is 25.2 Å². The van der Waals surface area contributed by atoms with E-state index in [2.05, 4.69) is 9.72 Å². The van der Waals surface area contributed by atoms with Crippen LogP contribution in [0.2, 0.25) is 0 Å². The Morgan fingerprint density at radius 1 is 1.69 bits per heavy atom. The minimum Gasteiger partial charge on any atom is -0.462 e. The number of nitrogens with zero attached hydrogens (tertiary/aromatic N) is 1. The van der Waals surface area contributed by atoms with Gasteiger partial charge in [0.2, 0.25) is 0 Å². The Balaban J connectivity index is 2.93. The van der Waals surface area contributed by atoms with Gasteiger partial charge in [0.1, 0.15) is 0 Å². The van der Waals surface area contributed by atoms with Crippen LogP contribution in [0.1, 0.15) is 10.4 Å². The molecule has 1 rings (SSSR count). The van der Waals surface area contributed by atoms with E-state index in [1.807, 2.05) is 0 Å². The molecular formula is C8H8FNO3. The molecule has 1 heterocycles. The van der Waals surface area contributed by atoms with Gasteiger partial charge in [0, 0.05) is 13.3 Å². The number of pyridine rings is 1. The quantitative estimate of drug-likeness (QED) is 0.399. The average Bonchev–Trinajstić information content (AvgIpc) is 2.15. The maximum absolute atomic E-state index is 12.9. The van der Waals surface area contributed by atoms with E-state index in [4.69, 9.17) is 4.74 Å². The molecule has 0 radical (unpaired) electrons. The first-order chi connectivity index (χ1) is 6.29. The summed E-state index contributed by atoms with van der Waals surface area (Å²) in [5, 5.41) is 0. The SMILES string of the molecule is COCOc1c(C=O)ccnc1F. The molecule has 0 atom stereocenters. The van der Waals surface area contributed by atoms with Crippen molar-refractivity contribution in [2.24, 2.45) is 0 Å². The van der Waals surface area contributed by atoms with E-state index in [-0.39, 0.29) is 18.1 Å². The van der Waals surface area contributed by atoms with Gasteiger partial charge in [-0.2, -0.15) is 4.39 Å². The van der Waals surface area contributed by atoms with Crippen molar-refractivity contribution in [3.63, 3.8) is 0 Å². The van der Waals surface area contributed by atoms with Crippen LogP contribution in [0.3, 0.4) is 0 Å². The van der Waals surface area contributed by atoms with Crippen LogP contribution < -0.4 is 4.74 Å². The molecule has 1 aromatic rings. The van der Waals surface area contributed by atoms with Crippen molar-refractivity contribution >= 4 is 6.29 Å². The van der Waals surface area contributed by atoms with Crippen molar-refractivity contribution in [1.82, 2.24) is 4.98 Å². The second kappa shape index (κ2) is 4.51. The molecule has 5 heteroatoms. The van der Waals surface area contributed by atoms with Gasteiger partial charge in [-0.3, -0.25) is 4.79 Å². The van der Waals surface area contributed by atoms with Crippen molar-refractivity contribution in [2.75, 3.05) is 13.9 Å². The number of aromatic nitrogens is 1. The van der Waals surface area contributed by atoms with Crippen LogP contribution in [0.4, 0.5) is 4.39 Å². The first kappa shape index (κ1) is 9.60. The summed E-state index contributed by atoms with van der Waals surface area (Å²) in [5.74, 6) is -0.999. The summed E-state index contributed by atoms with van der Waals surface area (Å²) < 4.78 is 22.3. The van der Waals surface area contributed by atoms with Crippen molar-refractivity contribution in [2.45, 2.75) is 0 Å². The average molecular weight is 185 g/mol. The zero-order valence-electron chi connectivity index (χ0n) is 6.99. The highest BCUT2D eigenvalue weighted by atomic mass is 19.1. The highest BCUT2D eigenvalue weighted by Gasteiger charge is 2.09. The zero-order valence-corrected chi connectivity index (χ0v) is 6.99. The van der Waals surface area contributed by atoms with Gasteiger partial charge in [0.25, 0.3) is 5.95 Å². The molecule has 13 heavy (non-hydrogen) atoms. The maximum Gasteiger partial charge on any atom is 0.256 e. The van der Waals surface area contributed by atoms with Gasteiger partial charge >= 0.3 is 0 Å². The number of ether oxygens (including phenoxy) is 2. The molecular weight excluding hydrogens is 177 g/mol. The van der Waals surface area contributed by atoms with Gasteiger partial charge in [0.15, 0.2) is 18.8 Å². The Bertz CT molecular complexity index is 303. The van der Waals surface area contributed by atoms with E-state index in [9.17, 15) is 9.18 Å². The van der Waals surface area contributed by atoms with Crippen LogP contribution >= 0.6 is 0 Å². The summed E-state index contributed by atoms with van der Waals surface area (Å²) in [6.45, 7) is -0.122. The van der Waals surface area contributed by atoms with E-state index in [0.29, 0.717) is 6.29 Å². The number of rotatable bonds is 4. The number of carbonyl (C=O) groups excluding carboxylic acids is 1. The lowest BCUT2D eigenvalue weighted by atomic mass is 10.3. The lowest BCUT2D eigenvalue weighted by Gasteiger charge is -2.06. The number of hydrogen-bond donors (Lipinski definition) is 0. The molecule has 0 saturated carbocycles. The Hall–Kier alpha value is -1.49. The predicted molar refractivity (Wildman–Crippen MR) is 42.1 cm³/mol. The van der Waals surface area contributed by atoms with Gasteiger partial charge in [-0.1, -0.05) is 0 Å². The van der Waals surface area contributed by atoms with Crippen molar-refractivity contribution in [3.05, 3.63) is 23.8 Å². The first-order valence-corrected chi connectivity index (χ1v) is 3.51. The second-order valence-electron chi connectivity index (χ2n) is 2.19. The molecule has 0 aliphatic heterocycles. The van der Waals surface area contributed by atoms with E-state index in [1.165, 1.54) is 19.4 Å². The molecule has 0 aliphatic carbocycles. The molecule has 0 amide bonds. The highest BCUT2D eigenvalue weighted by molar-refractivity contribution is 5.78. The lowest BCUT2D eigenvalue weighted by molar-refractivity contribution is 0.0470. The summed E-state index contributed by atoms with van der Waals surface area (Å²) in [6, 6.07) is 1.36. The van der Waals surface area contributed by atoms with Gasteiger partial charge in [-0.25, -0.2) is 4.98 Å². The third kappa shape index (κ3) is 2.22. The van der Waals surface area contributed by atoms with Gasteiger partial charge in [-0.05, 0) is 6.07 Å². The van der Waals surface area contributed by atoms with E-state index >= 15 is 0 Å². The second-order valence-corrected chi connectivity index (χ2v) is 2.19. The highest BCUT2D eigenvalue weighted by Crippen LogP contribution is 2.18. The summed E-state index contributed by atoms with van der Waals surface area (Å²) in [5.41, 5.74) is 0.115. The van der Waals surface area contributed by atoms with Crippen LogP contribution in [0.25, 0.3) is 0 Å². The fraction of sp³-hybridized carbons (Fsp3) is 0.250. The minimum atomic E-state index is -0.818. The predicted octanol–water partition coefficient (Wildman–Crippen LogP) is 1.02. The van der Waals surface area contributed by atoms with Crippen LogP contribution in [-0.2, 0) is 4.74 Å². The molecule has 0 aliphatic rings. The van der Waals surface area contributed by atoms with Gasteiger partial charge in [0.05, 0.1) is 5.56 Å². The zero-order chi connectivity index (χ0) is 9.68. The van der Waals surface area contributed by atoms with E-state index in [1.54, 1.807) is 0 Å². The molecule has 70 valence electrons. The fourth-order valence-electron chi connectivity index (χ4n) is 0.790. The first-order valence-electron chi connectivity index (χ1n) is 3.51. The smallest absolute Gasteiger partial charge is 0.256 e. The molecule has 0 aromatic carbocycles. The van der Waals surface area contributed by atoms with Crippen molar-refractivity contribution in [3.8, 4) is 5.75 Å². The van der Waals surface area contributed by atoms with Gasteiger partial charge < -0.3 is 9.47 Å². The van der Waals surface area contributed by atoms with Crippen LogP contribution in [0.5, 0.6) is 5.75 Å². The number of aldehydes is 1. The Morgan fingerprint density at radius 3 is 3.08 bits per heavy atom. The van der Waals surface area contributed by atoms with Crippen molar-refractivity contribution in [1.29, 1.82) is 0 Å². The number of methoxy groups -OCH3 is 1. The minimum absolute atomic E-state index is 0.115. The third-order valence-electron chi connectivity index (χ3n) is 1.34. The molecule has 0 fully saturated rings. The van der Waals surface area contributed by atoms with Gasteiger partial charge in [-0.15, -0.1) is 0 Å². The van der Waals surface area contributed by atoms with E-state index < -0.39 is 5.95 Å². The Labute approximate surface area is 74.3 Å². The molecule has 1 aromatic heterocycles. The largest absolute Gasteiger partial charge is 0.462 e. The summed E-state index contributed by atoms with van der Waals surface area (Å²) in [7, 11) is 1.40. The maximum atomic E-state index is 12.9. The third-order valence-corrected chi connectivity index (χ3v) is 1.34. The van der Waals surface area contributed by atoms with Crippen molar-refractivity contribution < 1.29 is 18.7 Å². The Morgan fingerprint density at radius 2 is 2.46 bits per heavy atom. The molecule has 0 saturated heterocycles. The monoisotopic (exact) mass is 185 g/mol. The van der Waals surface area contributed by atoms with Crippen LogP contribution in [0, 0.1) is 5.95 Å². The molecule has 0 spiro atoms. The molecule has 4 nitrogen and oxygen atoms in total. The summed E-state index contributed by atoms with van der Waals surface area (Å²) in [6.07, 6.45) is 1.69. The number of halogens is 1. The lowest BCUT2D eigenvalue weighted by Crippen LogP contribution is -2.04. The number of hydrogen-bond acceptors (Lipinski definition) is 4. The van der Waals surface area contributed by atoms with Crippen LogP contribution in [0.15, 0.2) is 12.3 Å².